The van der Waals surface area contributed by atoms with E-state index in [1.54, 1.807) is 23.1 Å². The van der Waals surface area contributed by atoms with Crippen LogP contribution in [0.25, 0.3) is 0 Å². The molecule has 5 heteroatoms. The number of likely N-dealkylation sites (N-methyl/N-ethyl adjacent to an activating group) is 1. The number of Topliss-reactive ketones (excluding diaryl/α,β-unsaturated/α-hetero) is 1. The fourth-order valence-electron chi connectivity index (χ4n) is 4.12. The largest absolute Gasteiger partial charge is 0.328 e. The summed E-state index contributed by atoms with van der Waals surface area (Å²) in [6, 6.07) is 17.3. The Bertz CT molecular complexity index is 807. The van der Waals surface area contributed by atoms with E-state index in [-0.39, 0.29) is 17.7 Å². The minimum absolute atomic E-state index is 0.00821. The molecule has 1 heterocycles. The summed E-state index contributed by atoms with van der Waals surface area (Å²) in [6.07, 6.45) is 2.49. The van der Waals surface area contributed by atoms with Crippen molar-refractivity contribution >= 4 is 17.4 Å². The number of quaternary nitrogens is 2. The van der Waals surface area contributed by atoms with E-state index in [0.717, 1.165) is 18.7 Å². The van der Waals surface area contributed by atoms with E-state index in [9.17, 15) is 9.59 Å². The van der Waals surface area contributed by atoms with Crippen LogP contribution in [0.5, 0.6) is 0 Å². The monoisotopic (exact) mass is 381 g/mol. The number of hydrogen-bond donors (Lipinski definition) is 3. The minimum Gasteiger partial charge on any atom is -0.328 e. The summed E-state index contributed by atoms with van der Waals surface area (Å²) in [7, 11) is 0. The van der Waals surface area contributed by atoms with Crippen LogP contribution < -0.4 is 15.5 Å². The maximum atomic E-state index is 13.1. The zero-order valence-electron chi connectivity index (χ0n) is 16.8. The van der Waals surface area contributed by atoms with Crippen molar-refractivity contribution in [3.8, 4) is 0 Å². The Morgan fingerprint density at radius 1 is 1.18 bits per heavy atom. The number of carbonyl (C=O) groups is 2. The Morgan fingerprint density at radius 3 is 2.68 bits per heavy atom. The van der Waals surface area contributed by atoms with Crippen LogP contribution in [-0.2, 0) is 4.79 Å². The predicted molar refractivity (Wildman–Crippen MR) is 110 cm³/mol. The van der Waals surface area contributed by atoms with E-state index < -0.39 is 0 Å². The number of carbonyl (C=O) groups excluding carboxylic acids is 2. The SMILES string of the molecule is CC[NH+]1CCC[C@@H]1C[NH2+][C@H](C(=O)Nc1cccc(C(C)=O)c1)c1ccccc1. The van der Waals surface area contributed by atoms with Gasteiger partial charge in [0.25, 0.3) is 5.91 Å². The first-order valence-electron chi connectivity index (χ1n) is 10.2. The topological polar surface area (TPSA) is 67.2 Å². The Hall–Kier alpha value is -2.50. The summed E-state index contributed by atoms with van der Waals surface area (Å²) in [6.45, 7) is 7.07. The molecule has 0 aromatic heterocycles. The van der Waals surface area contributed by atoms with Crippen LogP contribution in [0.4, 0.5) is 5.69 Å². The molecule has 1 unspecified atom stereocenters. The zero-order chi connectivity index (χ0) is 19.9. The van der Waals surface area contributed by atoms with Crippen molar-refractivity contribution in [2.45, 2.75) is 38.8 Å². The highest BCUT2D eigenvalue weighted by molar-refractivity contribution is 5.98. The average molecular weight is 382 g/mol. The van der Waals surface area contributed by atoms with Crippen molar-refractivity contribution in [3.05, 3.63) is 65.7 Å². The van der Waals surface area contributed by atoms with Crippen molar-refractivity contribution in [2.75, 3.05) is 25.0 Å². The van der Waals surface area contributed by atoms with E-state index in [0.29, 0.717) is 17.3 Å². The normalized spacial score (nSPS) is 19.9. The number of benzene rings is 2. The quantitative estimate of drug-likeness (QED) is 0.602. The van der Waals surface area contributed by atoms with Gasteiger partial charge in [-0.05, 0) is 26.0 Å². The van der Waals surface area contributed by atoms with Gasteiger partial charge in [0.2, 0.25) is 0 Å². The van der Waals surface area contributed by atoms with Gasteiger partial charge in [0.05, 0.1) is 13.1 Å². The number of rotatable bonds is 8. The summed E-state index contributed by atoms with van der Waals surface area (Å²) in [4.78, 5) is 26.4. The van der Waals surface area contributed by atoms with E-state index in [2.05, 4.69) is 17.6 Å². The van der Waals surface area contributed by atoms with E-state index in [4.69, 9.17) is 0 Å². The van der Waals surface area contributed by atoms with Gasteiger partial charge in [-0.25, -0.2) is 0 Å². The molecule has 1 aliphatic heterocycles. The minimum atomic E-state index is -0.305. The third-order valence-corrected chi connectivity index (χ3v) is 5.72. The van der Waals surface area contributed by atoms with Gasteiger partial charge in [0, 0.05) is 29.7 Å². The maximum Gasteiger partial charge on any atom is 0.287 e. The highest BCUT2D eigenvalue weighted by Gasteiger charge is 2.32. The van der Waals surface area contributed by atoms with E-state index in [1.165, 1.54) is 26.3 Å². The van der Waals surface area contributed by atoms with Gasteiger partial charge in [-0.1, -0.05) is 42.5 Å². The molecule has 1 saturated heterocycles. The number of likely N-dealkylation sites (tertiary alicyclic amines) is 1. The van der Waals surface area contributed by atoms with Crippen LogP contribution in [0.15, 0.2) is 54.6 Å². The third kappa shape index (κ3) is 5.06. The molecule has 2 aromatic rings. The molecule has 1 amide bonds. The van der Waals surface area contributed by atoms with Crippen LogP contribution in [0.3, 0.4) is 0 Å². The van der Waals surface area contributed by atoms with E-state index in [1.807, 2.05) is 36.4 Å². The van der Waals surface area contributed by atoms with Crippen LogP contribution in [-0.4, -0.2) is 37.4 Å². The second-order valence-corrected chi connectivity index (χ2v) is 7.59. The molecule has 1 fully saturated rings. The molecule has 0 spiro atoms. The first-order chi connectivity index (χ1) is 13.6. The van der Waals surface area contributed by atoms with Gasteiger partial charge >= 0.3 is 0 Å². The molecule has 28 heavy (non-hydrogen) atoms. The Morgan fingerprint density at radius 2 is 1.96 bits per heavy atom. The highest BCUT2D eigenvalue weighted by Crippen LogP contribution is 2.15. The highest BCUT2D eigenvalue weighted by atomic mass is 16.2. The van der Waals surface area contributed by atoms with Crippen molar-refractivity contribution in [3.63, 3.8) is 0 Å². The summed E-state index contributed by atoms with van der Waals surface area (Å²) < 4.78 is 0. The third-order valence-electron chi connectivity index (χ3n) is 5.72. The first kappa shape index (κ1) is 20.2. The van der Waals surface area contributed by atoms with Crippen LogP contribution >= 0.6 is 0 Å². The second-order valence-electron chi connectivity index (χ2n) is 7.59. The molecule has 3 rings (SSSR count). The van der Waals surface area contributed by atoms with Crippen LogP contribution in [0.2, 0.25) is 0 Å². The van der Waals surface area contributed by atoms with Gasteiger partial charge in [-0.15, -0.1) is 0 Å². The lowest BCUT2D eigenvalue weighted by Crippen LogP contribution is -3.16. The van der Waals surface area contributed by atoms with Crippen molar-refractivity contribution in [2.24, 2.45) is 0 Å². The molecule has 5 nitrogen and oxygen atoms in total. The van der Waals surface area contributed by atoms with E-state index >= 15 is 0 Å². The molecule has 0 aliphatic carbocycles. The van der Waals surface area contributed by atoms with Crippen molar-refractivity contribution in [1.82, 2.24) is 0 Å². The Kier molecular flexibility index (Phi) is 6.95. The molecule has 2 aromatic carbocycles. The van der Waals surface area contributed by atoms with Gasteiger partial charge in [0.1, 0.15) is 12.6 Å². The van der Waals surface area contributed by atoms with Gasteiger partial charge < -0.3 is 15.5 Å². The summed E-state index contributed by atoms with van der Waals surface area (Å²) in [5.41, 5.74) is 2.26. The molecule has 148 valence electrons. The van der Waals surface area contributed by atoms with Crippen LogP contribution in [0, 0.1) is 0 Å². The first-order valence-corrected chi connectivity index (χ1v) is 10.2. The fraction of sp³-hybridized carbons (Fsp3) is 0.391. The number of ketones is 1. The van der Waals surface area contributed by atoms with Gasteiger partial charge in [-0.2, -0.15) is 0 Å². The molecule has 1 aliphatic rings. The van der Waals surface area contributed by atoms with Gasteiger partial charge in [0.15, 0.2) is 11.8 Å². The number of nitrogens with one attached hydrogen (secondary N) is 2. The standard InChI is InChI=1S/C23H29N3O2/c1-3-26-14-8-13-21(26)16-24-22(18-9-5-4-6-10-18)23(28)25-20-12-7-11-19(15-20)17(2)27/h4-7,9-12,15,21-22,24H,3,8,13-14,16H2,1-2H3,(H,25,28)/p+2/t21-,22+/m1/s1. The summed E-state index contributed by atoms with van der Waals surface area (Å²) in [5, 5.41) is 5.18. The van der Waals surface area contributed by atoms with Gasteiger partial charge in [-0.3, -0.25) is 9.59 Å². The number of amides is 1. The predicted octanol–water partition coefficient (Wildman–Crippen LogP) is 1.20. The molecular weight excluding hydrogens is 350 g/mol. The molecule has 3 atom stereocenters. The summed E-state index contributed by atoms with van der Waals surface area (Å²) >= 11 is 0. The smallest absolute Gasteiger partial charge is 0.287 e. The molecule has 0 radical (unpaired) electrons. The number of anilines is 1. The molecular formula is C23H31N3O2+2. The Labute approximate surface area is 167 Å². The lowest BCUT2D eigenvalue weighted by atomic mass is 10.0. The molecule has 0 saturated carbocycles. The fourth-order valence-corrected chi connectivity index (χ4v) is 4.12. The average Bonchev–Trinajstić information content (AvgIpc) is 3.16. The van der Waals surface area contributed by atoms with Crippen molar-refractivity contribution in [1.29, 1.82) is 0 Å². The lowest BCUT2D eigenvalue weighted by Gasteiger charge is -2.22. The number of nitrogens with two attached hydrogens (primary N) is 1. The Balaban J connectivity index is 1.74. The second kappa shape index (κ2) is 9.62. The zero-order valence-corrected chi connectivity index (χ0v) is 16.8. The van der Waals surface area contributed by atoms with Crippen LogP contribution in [0.1, 0.15) is 48.7 Å². The molecule has 4 N–H and O–H groups in total. The number of hydrogen-bond acceptors (Lipinski definition) is 2. The maximum absolute atomic E-state index is 13.1. The van der Waals surface area contributed by atoms with Crippen molar-refractivity contribution < 1.29 is 19.8 Å². The molecule has 0 bridgehead atoms. The summed E-state index contributed by atoms with van der Waals surface area (Å²) in [5.74, 6) is -0.0610. The lowest BCUT2D eigenvalue weighted by molar-refractivity contribution is -0.925.